The van der Waals surface area contributed by atoms with E-state index in [0.717, 1.165) is 23.4 Å². The zero-order valence-corrected chi connectivity index (χ0v) is 16.1. The maximum Gasteiger partial charge on any atom is 0.238 e. The molecule has 0 bridgehead atoms. The van der Waals surface area contributed by atoms with Crippen molar-refractivity contribution in [3.8, 4) is 5.75 Å². The maximum absolute atomic E-state index is 12.4. The van der Waals surface area contributed by atoms with E-state index in [-0.39, 0.29) is 24.9 Å². The number of methoxy groups -OCH3 is 1. The number of ether oxygens (including phenoxy) is 1. The van der Waals surface area contributed by atoms with Gasteiger partial charge in [0, 0.05) is 11.4 Å². The summed E-state index contributed by atoms with van der Waals surface area (Å²) in [6, 6.07) is 14.9. The summed E-state index contributed by atoms with van der Waals surface area (Å²) >= 11 is 0. The molecule has 6 nitrogen and oxygen atoms in total. The summed E-state index contributed by atoms with van der Waals surface area (Å²) in [5.74, 6) is 0.436. The van der Waals surface area contributed by atoms with Gasteiger partial charge in [-0.3, -0.25) is 14.5 Å². The molecule has 2 N–H and O–H groups in total. The molecule has 144 valence electrons. The standard InChI is InChI=1S/C21H27N3O3/c1-4-16-8-6-7-9-19(16)23-21(26)15-24(5-2)14-20(25)22-17-10-12-18(27-3)13-11-17/h6-13H,4-5,14-15H2,1-3H3,(H,22,25)(H,23,26). The Balaban J connectivity index is 1.88. The van der Waals surface area contributed by atoms with Crippen molar-refractivity contribution in [3.05, 3.63) is 54.1 Å². The Morgan fingerprint density at radius 1 is 0.926 bits per heavy atom. The van der Waals surface area contributed by atoms with Crippen LogP contribution in [0.15, 0.2) is 48.5 Å². The average molecular weight is 369 g/mol. The third-order valence-corrected chi connectivity index (χ3v) is 4.23. The van der Waals surface area contributed by atoms with Crippen molar-refractivity contribution in [1.82, 2.24) is 4.90 Å². The lowest BCUT2D eigenvalue weighted by Gasteiger charge is -2.20. The average Bonchev–Trinajstić information content (AvgIpc) is 2.68. The molecule has 0 unspecified atom stereocenters. The summed E-state index contributed by atoms with van der Waals surface area (Å²) in [7, 11) is 1.59. The number of rotatable bonds is 9. The molecule has 0 heterocycles. The van der Waals surface area contributed by atoms with Crippen LogP contribution in [0.25, 0.3) is 0 Å². The first-order chi connectivity index (χ1) is 13.0. The van der Waals surface area contributed by atoms with Crippen molar-refractivity contribution in [2.45, 2.75) is 20.3 Å². The Kier molecular flexibility index (Phi) is 7.82. The second-order valence-corrected chi connectivity index (χ2v) is 6.14. The highest BCUT2D eigenvalue weighted by molar-refractivity contribution is 5.95. The fourth-order valence-electron chi connectivity index (χ4n) is 2.70. The zero-order valence-electron chi connectivity index (χ0n) is 16.1. The zero-order chi connectivity index (χ0) is 19.6. The molecule has 0 saturated heterocycles. The second kappa shape index (κ2) is 10.3. The quantitative estimate of drug-likeness (QED) is 0.712. The molecule has 0 fully saturated rings. The second-order valence-electron chi connectivity index (χ2n) is 6.14. The summed E-state index contributed by atoms with van der Waals surface area (Å²) in [5, 5.41) is 5.77. The molecule has 0 aromatic heterocycles. The topological polar surface area (TPSA) is 70.7 Å². The number of anilines is 2. The predicted octanol–water partition coefficient (Wildman–Crippen LogP) is 3.16. The number of hydrogen-bond donors (Lipinski definition) is 2. The molecule has 0 saturated carbocycles. The van der Waals surface area contributed by atoms with Crippen LogP contribution in [-0.2, 0) is 16.0 Å². The Morgan fingerprint density at radius 3 is 2.15 bits per heavy atom. The van der Waals surface area contributed by atoms with Crippen LogP contribution in [0, 0.1) is 0 Å². The first-order valence-electron chi connectivity index (χ1n) is 9.09. The van der Waals surface area contributed by atoms with Crippen molar-refractivity contribution in [1.29, 1.82) is 0 Å². The van der Waals surface area contributed by atoms with Gasteiger partial charge in [-0.15, -0.1) is 0 Å². The molecule has 6 heteroatoms. The number of carbonyl (C=O) groups is 2. The molecule has 2 rings (SSSR count). The minimum absolute atomic E-state index is 0.130. The van der Waals surface area contributed by atoms with Crippen LogP contribution in [-0.4, -0.2) is 43.5 Å². The Morgan fingerprint density at radius 2 is 1.56 bits per heavy atom. The highest BCUT2D eigenvalue weighted by Gasteiger charge is 2.14. The van der Waals surface area contributed by atoms with E-state index in [0.29, 0.717) is 12.2 Å². The van der Waals surface area contributed by atoms with Crippen molar-refractivity contribution in [3.63, 3.8) is 0 Å². The summed E-state index contributed by atoms with van der Waals surface area (Å²) in [5.41, 5.74) is 2.60. The number of benzene rings is 2. The first kappa shape index (κ1) is 20.5. The van der Waals surface area contributed by atoms with E-state index in [1.807, 2.05) is 38.1 Å². The fourth-order valence-corrected chi connectivity index (χ4v) is 2.70. The lowest BCUT2D eigenvalue weighted by molar-refractivity contribution is -0.119. The molecule has 2 aromatic carbocycles. The van der Waals surface area contributed by atoms with Gasteiger partial charge in [-0.05, 0) is 48.9 Å². The number of hydrogen-bond acceptors (Lipinski definition) is 4. The van der Waals surface area contributed by atoms with Gasteiger partial charge in [0.15, 0.2) is 0 Å². The number of nitrogens with one attached hydrogen (secondary N) is 2. The monoisotopic (exact) mass is 369 g/mol. The van der Waals surface area contributed by atoms with Crippen LogP contribution in [0.1, 0.15) is 19.4 Å². The number of para-hydroxylation sites is 1. The van der Waals surface area contributed by atoms with E-state index in [9.17, 15) is 9.59 Å². The Hall–Kier alpha value is -2.86. The summed E-state index contributed by atoms with van der Waals surface area (Å²) < 4.78 is 5.10. The van der Waals surface area contributed by atoms with E-state index >= 15 is 0 Å². The maximum atomic E-state index is 12.4. The van der Waals surface area contributed by atoms with Gasteiger partial charge in [0.05, 0.1) is 20.2 Å². The van der Waals surface area contributed by atoms with Crippen LogP contribution in [0.2, 0.25) is 0 Å². The Labute approximate surface area is 160 Å². The highest BCUT2D eigenvalue weighted by Crippen LogP contribution is 2.16. The molecular weight excluding hydrogens is 342 g/mol. The van der Waals surface area contributed by atoms with Gasteiger partial charge in [0.25, 0.3) is 0 Å². The third-order valence-electron chi connectivity index (χ3n) is 4.23. The number of likely N-dealkylation sites (N-methyl/N-ethyl adjacent to an activating group) is 1. The molecule has 2 amide bonds. The van der Waals surface area contributed by atoms with Crippen LogP contribution < -0.4 is 15.4 Å². The lowest BCUT2D eigenvalue weighted by Crippen LogP contribution is -2.38. The molecule has 2 aromatic rings. The van der Waals surface area contributed by atoms with E-state index in [1.165, 1.54) is 0 Å². The van der Waals surface area contributed by atoms with E-state index in [2.05, 4.69) is 10.6 Å². The molecular formula is C21H27N3O3. The number of carbonyl (C=O) groups excluding carboxylic acids is 2. The SMILES string of the molecule is CCc1ccccc1NC(=O)CN(CC)CC(=O)Nc1ccc(OC)cc1. The minimum atomic E-state index is -0.163. The van der Waals surface area contributed by atoms with E-state index in [1.54, 1.807) is 36.3 Å². The first-order valence-corrected chi connectivity index (χ1v) is 9.09. The van der Waals surface area contributed by atoms with Crippen LogP contribution in [0.4, 0.5) is 11.4 Å². The van der Waals surface area contributed by atoms with Crippen LogP contribution in [0.5, 0.6) is 5.75 Å². The summed E-state index contributed by atoms with van der Waals surface area (Å²) in [6.45, 7) is 4.87. The molecule has 0 atom stereocenters. The van der Waals surface area contributed by atoms with Crippen LogP contribution >= 0.6 is 0 Å². The molecule has 0 aliphatic rings. The molecule has 0 aliphatic heterocycles. The predicted molar refractivity (Wildman–Crippen MR) is 108 cm³/mol. The van der Waals surface area contributed by atoms with Gasteiger partial charge in [0.1, 0.15) is 5.75 Å². The minimum Gasteiger partial charge on any atom is -0.497 e. The van der Waals surface area contributed by atoms with E-state index < -0.39 is 0 Å². The number of aryl methyl sites for hydroxylation is 1. The van der Waals surface area contributed by atoms with Crippen LogP contribution in [0.3, 0.4) is 0 Å². The van der Waals surface area contributed by atoms with Crippen molar-refractivity contribution >= 4 is 23.2 Å². The van der Waals surface area contributed by atoms with Gasteiger partial charge in [0.2, 0.25) is 11.8 Å². The molecule has 27 heavy (non-hydrogen) atoms. The number of nitrogens with zero attached hydrogens (tertiary/aromatic N) is 1. The molecule has 0 aliphatic carbocycles. The summed E-state index contributed by atoms with van der Waals surface area (Å²) in [6.07, 6.45) is 0.845. The van der Waals surface area contributed by atoms with Crippen molar-refractivity contribution in [2.75, 3.05) is 37.4 Å². The van der Waals surface area contributed by atoms with Crippen molar-refractivity contribution < 1.29 is 14.3 Å². The van der Waals surface area contributed by atoms with Gasteiger partial charge in [-0.25, -0.2) is 0 Å². The molecule has 0 radical (unpaired) electrons. The molecule has 0 spiro atoms. The normalized spacial score (nSPS) is 10.5. The smallest absolute Gasteiger partial charge is 0.238 e. The largest absolute Gasteiger partial charge is 0.497 e. The lowest BCUT2D eigenvalue weighted by atomic mass is 10.1. The Bertz CT molecular complexity index is 760. The van der Waals surface area contributed by atoms with Gasteiger partial charge >= 0.3 is 0 Å². The van der Waals surface area contributed by atoms with E-state index in [4.69, 9.17) is 4.74 Å². The third kappa shape index (κ3) is 6.42. The number of amides is 2. The highest BCUT2D eigenvalue weighted by atomic mass is 16.5. The van der Waals surface area contributed by atoms with Gasteiger partial charge < -0.3 is 15.4 Å². The fraction of sp³-hybridized carbons (Fsp3) is 0.333. The van der Waals surface area contributed by atoms with Crippen molar-refractivity contribution in [2.24, 2.45) is 0 Å². The summed E-state index contributed by atoms with van der Waals surface area (Å²) in [4.78, 5) is 26.4. The van der Waals surface area contributed by atoms with Gasteiger partial charge in [-0.2, -0.15) is 0 Å². The van der Waals surface area contributed by atoms with Gasteiger partial charge in [-0.1, -0.05) is 32.0 Å².